The van der Waals surface area contributed by atoms with Crippen molar-refractivity contribution in [2.24, 2.45) is 0 Å². The first-order chi connectivity index (χ1) is 9.54. The van der Waals surface area contributed by atoms with Crippen molar-refractivity contribution in [3.05, 3.63) is 21.4 Å². The minimum Gasteiger partial charge on any atom is -0.384 e. The number of nitrogens with zero attached hydrogens (tertiary/aromatic N) is 1. The first-order valence-electron chi connectivity index (χ1n) is 7.07. The van der Waals surface area contributed by atoms with Crippen LogP contribution in [-0.2, 0) is 0 Å². The van der Waals surface area contributed by atoms with Crippen LogP contribution in [0.15, 0.2) is 6.07 Å². The Morgan fingerprint density at radius 3 is 2.70 bits per heavy atom. The van der Waals surface area contributed by atoms with Crippen molar-refractivity contribution in [3.63, 3.8) is 0 Å². The summed E-state index contributed by atoms with van der Waals surface area (Å²) >= 11 is 1.43. The minimum atomic E-state index is -0.152. The van der Waals surface area contributed by atoms with Crippen molar-refractivity contribution in [1.29, 1.82) is 0 Å². The van der Waals surface area contributed by atoms with Crippen LogP contribution in [0.25, 0.3) is 0 Å². The maximum absolute atomic E-state index is 12.7. The van der Waals surface area contributed by atoms with Crippen LogP contribution in [0.5, 0.6) is 0 Å². The summed E-state index contributed by atoms with van der Waals surface area (Å²) in [5, 5.41) is 8.76. The number of aliphatic hydroxyl groups is 1. The molecule has 108 valence electrons. The lowest BCUT2D eigenvalue weighted by atomic mass is 9.97. The molecular formula is C16H21NO2S. The lowest BCUT2D eigenvalue weighted by Gasteiger charge is -2.38. The van der Waals surface area contributed by atoms with Crippen LogP contribution >= 0.6 is 11.3 Å². The van der Waals surface area contributed by atoms with Crippen LogP contribution in [0.1, 0.15) is 53.2 Å². The summed E-state index contributed by atoms with van der Waals surface area (Å²) in [5.74, 6) is 5.68. The molecule has 0 aliphatic carbocycles. The molecule has 1 fully saturated rings. The molecule has 0 aromatic carbocycles. The molecule has 1 N–H and O–H groups in total. The van der Waals surface area contributed by atoms with E-state index in [9.17, 15) is 4.79 Å². The highest BCUT2D eigenvalue weighted by Gasteiger charge is 2.30. The van der Waals surface area contributed by atoms with Gasteiger partial charge in [-0.05, 0) is 51.7 Å². The minimum absolute atomic E-state index is 0.120. The Hall–Kier alpha value is -1.31. The molecule has 0 bridgehead atoms. The molecule has 1 saturated heterocycles. The Balaban J connectivity index is 2.24. The normalized spacial score (nSPS) is 22.3. The molecule has 2 unspecified atom stereocenters. The van der Waals surface area contributed by atoms with E-state index < -0.39 is 0 Å². The zero-order chi connectivity index (χ0) is 14.7. The third kappa shape index (κ3) is 3.05. The fourth-order valence-electron chi connectivity index (χ4n) is 2.78. The number of aliphatic hydroxyl groups excluding tert-OH is 1. The Labute approximate surface area is 124 Å². The van der Waals surface area contributed by atoms with Gasteiger partial charge in [-0.1, -0.05) is 11.8 Å². The van der Waals surface area contributed by atoms with Gasteiger partial charge in [0, 0.05) is 12.1 Å². The Bertz CT molecular complexity index is 543. The van der Waals surface area contributed by atoms with Gasteiger partial charge in [-0.2, -0.15) is 0 Å². The van der Waals surface area contributed by atoms with Gasteiger partial charge < -0.3 is 10.0 Å². The number of piperidine rings is 1. The molecule has 20 heavy (non-hydrogen) atoms. The van der Waals surface area contributed by atoms with Crippen molar-refractivity contribution < 1.29 is 9.90 Å². The van der Waals surface area contributed by atoms with Crippen molar-refractivity contribution in [2.75, 3.05) is 6.61 Å². The largest absolute Gasteiger partial charge is 0.384 e. The molecule has 1 aromatic rings. The molecule has 4 heteroatoms. The fraction of sp³-hybridized carbons (Fsp3) is 0.562. The highest BCUT2D eigenvalue weighted by molar-refractivity contribution is 7.14. The smallest absolute Gasteiger partial charge is 0.264 e. The van der Waals surface area contributed by atoms with E-state index in [4.69, 9.17) is 5.11 Å². The molecule has 1 aromatic heterocycles. The van der Waals surface area contributed by atoms with Crippen LogP contribution in [0.2, 0.25) is 0 Å². The molecule has 2 rings (SSSR count). The van der Waals surface area contributed by atoms with E-state index in [1.165, 1.54) is 17.8 Å². The van der Waals surface area contributed by atoms with Crippen LogP contribution in [0.3, 0.4) is 0 Å². The van der Waals surface area contributed by atoms with Crippen molar-refractivity contribution in [1.82, 2.24) is 4.90 Å². The summed E-state index contributed by atoms with van der Waals surface area (Å²) in [6.07, 6.45) is 3.36. The second-order valence-corrected chi connectivity index (χ2v) is 6.48. The maximum atomic E-state index is 12.7. The van der Waals surface area contributed by atoms with Gasteiger partial charge in [0.25, 0.3) is 5.91 Å². The molecule has 0 saturated carbocycles. The van der Waals surface area contributed by atoms with E-state index in [-0.39, 0.29) is 12.5 Å². The highest BCUT2D eigenvalue weighted by Crippen LogP contribution is 2.28. The molecular weight excluding hydrogens is 270 g/mol. The standard InChI is InChI=1S/C16H21NO2S/c1-11-10-15(20-14(11)8-5-9-18)16(19)17-12(2)6-4-7-13(17)3/h10,12-13,18H,4,6-7,9H2,1-3H3. The second kappa shape index (κ2) is 6.43. The molecule has 0 spiro atoms. The summed E-state index contributed by atoms with van der Waals surface area (Å²) in [6.45, 7) is 6.06. The Morgan fingerprint density at radius 1 is 1.45 bits per heavy atom. The Morgan fingerprint density at radius 2 is 2.10 bits per heavy atom. The summed E-state index contributed by atoms with van der Waals surface area (Å²) in [6, 6.07) is 2.53. The van der Waals surface area contributed by atoms with Gasteiger partial charge >= 0.3 is 0 Å². The van der Waals surface area contributed by atoms with Crippen molar-refractivity contribution >= 4 is 17.2 Å². The first kappa shape index (κ1) is 15.1. The third-order valence-corrected chi connectivity index (χ3v) is 4.98. The number of thiophene rings is 1. The van der Waals surface area contributed by atoms with Crippen molar-refractivity contribution in [2.45, 2.75) is 52.1 Å². The summed E-state index contributed by atoms with van der Waals surface area (Å²) in [5.41, 5.74) is 1.01. The van der Waals surface area contributed by atoms with Crippen LogP contribution in [-0.4, -0.2) is 34.6 Å². The van der Waals surface area contributed by atoms with E-state index in [1.807, 2.05) is 17.9 Å². The number of carbonyl (C=O) groups is 1. The van der Waals surface area contributed by atoms with Crippen LogP contribution in [0.4, 0.5) is 0 Å². The summed E-state index contributed by atoms with van der Waals surface area (Å²) in [7, 11) is 0. The first-order valence-corrected chi connectivity index (χ1v) is 7.89. The lowest BCUT2D eigenvalue weighted by Crippen LogP contribution is -2.47. The predicted molar refractivity (Wildman–Crippen MR) is 82.0 cm³/mol. The topological polar surface area (TPSA) is 40.5 Å². The highest BCUT2D eigenvalue weighted by atomic mass is 32.1. The number of hydrogen-bond donors (Lipinski definition) is 1. The van der Waals surface area contributed by atoms with Crippen LogP contribution < -0.4 is 0 Å². The number of hydrogen-bond acceptors (Lipinski definition) is 3. The van der Waals surface area contributed by atoms with Gasteiger partial charge in [0.15, 0.2) is 0 Å². The quantitative estimate of drug-likeness (QED) is 0.808. The number of carbonyl (C=O) groups excluding carboxylic acids is 1. The maximum Gasteiger partial charge on any atom is 0.264 e. The number of amides is 1. The number of likely N-dealkylation sites (tertiary alicyclic amines) is 1. The summed E-state index contributed by atoms with van der Waals surface area (Å²) < 4.78 is 0. The number of rotatable bonds is 1. The van der Waals surface area contributed by atoms with E-state index >= 15 is 0 Å². The third-order valence-electron chi connectivity index (χ3n) is 3.84. The second-order valence-electron chi connectivity index (χ2n) is 5.42. The van der Waals surface area contributed by atoms with Gasteiger partial charge in [0.1, 0.15) is 6.61 Å². The average molecular weight is 291 g/mol. The van der Waals surface area contributed by atoms with Gasteiger partial charge in [0.05, 0.1) is 9.75 Å². The van der Waals surface area contributed by atoms with Gasteiger partial charge in [-0.25, -0.2) is 0 Å². The average Bonchev–Trinajstić information content (AvgIpc) is 2.77. The molecule has 2 atom stereocenters. The molecule has 1 aliphatic rings. The molecule has 1 aliphatic heterocycles. The number of aryl methyl sites for hydroxylation is 1. The lowest BCUT2D eigenvalue weighted by molar-refractivity contribution is 0.0516. The van der Waals surface area contributed by atoms with E-state index in [0.29, 0.717) is 12.1 Å². The van der Waals surface area contributed by atoms with E-state index in [1.54, 1.807) is 0 Å². The molecule has 1 amide bonds. The molecule has 2 heterocycles. The molecule has 0 radical (unpaired) electrons. The summed E-state index contributed by atoms with van der Waals surface area (Å²) in [4.78, 5) is 16.3. The van der Waals surface area contributed by atoms with Gasteiger partial charge in [-0.3, -0.25) is 4.79 Å². The van der Waals surface area contributed by atoms with Gasteiger partial charge in [-0.15, -0.1) is 11.3 Å². The van der Waals surface area contributed by atoms with Gasteiger partial charge in [0.2, 0.25) is 0 Å². The van der Waals surface area contributed by atoms with E-state index in [2.05, 4.69) is 25.7 Å². The zero-order valence-electron chi connectivity index (χ0n) is 12.3. The SMILES string of the molecule is Cc1cc(C(=O)N2C(C)CCCC2C)sc1C#CCO. The predicted octanol–water partition coefficient (Wildman–Crippen LogP) is 2.80. The van der Waals surface area contributed by atoms with Crippen LogP contribution in [0, 0.1) is 18.8 Å². The Kier molecular flexibility index (Phi) is 4.85. The van der Waals surface area contributed by atoms with E-state index in [0.717, 1.165) is 28.2 Å². The monoisotopic (exact) mass is 291 g/mol. The molecule has 3 nitrogen and oxygen atoms in total. The fourth-order valence-corrected chi connectivity index (χ4v) is 3.77. The van der Waals surface area contributed by atoms with Crippen molar-refractivity contribution in [3.8, 4) is 11.8 Å². The zero-order valence-corrected chi connectivity index (χ0v) is 13.1.